The lowest BCUT2D eigenvalue weighted by molar-refractivity contribution is 0.244. The fourth-order valence-electron chi connectivity index (χ4n) is 2.02. The molecule has 0 aliphatic carbocycles. The molecule has 0 aromatic heterocycles. The number of hydrogen-bond acceptors (Lipinski definition) is 1. The van der Waals surface area contributed by atoms with Crippen molar-refractivity contribution in [3.8, 4) is 0 Å². The predicted molar refractivity (Wildman–Crippen MR) is 69.3 cm³/mol. The molecule has 1 nitrogen and oxygen atoms in total. The molecule has 0 saturated heterocycles. The monoisotopic (exact) mass is 212 g/mol. The van der Waals surface area contributed by atoms with Gasteiger partial charge in [-0.1, -0.05) is 48.5 Å². The lowest BCUT2D eigenvalue weighted by Gasteiger charge is -2.08. The Hall–Kier alpha value is -1.60. The molecule has 1 unspecified atom stereocenters. The molecular weight excluding hydrogens is 196 g/mol. The predicted octanol–water partition coefficient (Wildman–Crippen LogP) is 3.62. The minimum atomic E-state index is -0.404. The summed E-state index contributed by atoms with van der Waals surface area (Å²) in [6, 6.07) is 14.6. The van der Waals surface area contributed by atoms with Crippen molar-refractivity contribution in [2.24, 2.45) is 0 Å². The summed E-state index contributed by atoms with van der Waals surface area (Å²) in [5.41, 5.74) is 2.31. The maximum absolute atomic E-state index is 9.38. The SMILES string of the molecule is C/C(=C/C(C)O)c1cccc2ccccc12. The summed E-state index contributed by atoms with van der Waals surface area (Å²) in [5, 5.41) is 11.8. The molecule has 2 aromatic rings. The highest BCUT2D eigenvalue weighted by Crippen LogP contribution is 2.24. The van der Waals surface area contributed by atoms with Crippen LogP contribution in [0.1, 0.15) is 19.4 Å². The Balaban J connectivity index is 2.61. The molecule has 0 amide bonds. The van der Waals surface area contributed by atoms with E-state index in [0.717, 1.165) is 5.57 Å². The number of hydrogen-bond donors (Lipinski definition) is 1. The summed E-state index contributed by atoms with van der Waals surface area (Å²) in [6.45, 7) is 3.81. The molecule has 2 rings (SSSR count). The van der Waals surface area contributed by atoms with Gasteiger partial charge in [0.15, 0.2) is 0 Å². The third-order valence-corrected chi connectivity index (χ3v) is 2.71. The van der Waals surface area contributed by atoms with Crippen LogP contribution in [0.2, 0.25) is 0 Å². The van der Waals surface area contributed by atoms with Crippen LogP contribution in [-0.2, 0) is 0 Å². The summed E-state index contributed by atoms with van der Waals surface area (Å²) in [5.74, 6) is 0. The van der Waals surface area contributed by atoms with Crippen LogP contribution in [0.25, 0.3) is 16.3 Å². The second-order valence-corrected chi connectivity index (χ2v) is 4.12. The van der Waals surface area contributed by atoms with Crippen LogP contribution < -0.4 is 0 Å². The lowest BCUT2D eigenvalue weighted by Crippen LogP contribution is -1.94. The van der Waals surface area contributed by atoms with Crippen molar-refractivity contribution in [3.05, 3.63) is 54.1 Å². The zero-order chi connectivity index (χ0) is 11.5. The number of aliphatic hydroxyl groups excluding tert-OH is 1. The molecule has 0 saturated carbocycles. The number of benzene rings is 2. The molecule has 1 N–H and O–H groups in total. The van der Waals surface area contributed by atoms with Gasteiger partial charge in [-0.2, -0.15) is 0 Å². The van der Waals surface area contributed by atoms with E-state index >= 15 is 0 Å². The average Bonchev–Trinajstić information content (AvgIpc) is 2.27. The number of aliphatic hydroxyl groups is 1. The molecule has 0 radical (unpaired) electrons. The Morgan fingerprint density at radius 1 is 1.12 bits per heavy atom. The van der Waals surface area contributed by atoms with E-state index in [1.807, 2.05) is 25.1 Å². The Morgan fingerprint density at radius 3 is 2.56 bits per heavy atom. The van der Waals surface area contributed by atoms with E-state index in [1.165, 1.54) is 16.3 Å². The van der Waals surface area contributed by atoms with Crippen LogP contribution in [0, 0.1) is 0 Å². The quantitative estimate of drug-likeness (QED) is 0.806. The highest BCUT2D eigenvalue weighted by molar-refractivity contribution is 5.93. The zero-order valence-electron chi connectivity index (χ0n) is 9.64. The molecule has 16 heavy (non-hydrogen) atoms. The molecule has 2 aromatic carbocycles. The standard InChI is InChI=1S/C15H16O/c1-11(10-12(2)16)14-9-5-7-13-6-3-4-8-15(13)14/h3-10,12,16H,1-2H3/b11-10-. The molecule has 0 aliphatic rings. The van der Waals surface area contributed by atoms with E-state index in [4.69, 9.17) is 0 Å². The first-order valence-corrected chi connectivity index (χ1v) is 5.53. The maximum Gasteiger partial charge on any atom is 0.0698 e. The van der Waals surface area contributed by atoms with Gasteiger partial charge < -0.3 is 5.11 Å². The molecule has 0 aliphatic heterocycles. The molecule has 82 valence electrons. The number of fused-ring (bicyclic) bond motifs is 1. The van der Waals surface area contributed by atoms with Crippen molar-refractivity contribution < 1.29 is 5.11 Å². The van der Waals surface area contributed by atoms with E-state index in [-0.39, 0.29) is 0 Å². The normalized spacial score (nSPS) is 14.1. The molecular formula is C15H16O. The fraction of sp³-hybridized carbons (Fsp3) is 0.200. The Morgan fingerprint density at radius 2 is 1.81 bits per heavy atom. The van der Waals surface area contributed by atoms with E-state index in [1.54, 1.807) is 6.92 Å². The van der Waals surface area contributed by atoms with E-state index in [0.29, 0.717) is 0 Å². The summed E-state index contributed by atoms with van der Waals surface area (Å²) in [4.78, 5) is 0. The first-order chi connectivity index (χ1) is 7.68. The van der Waals surface area contributed by atoms with Gasteiger partial charge in [0.05, 0.1) is 6.10 Å². The van der Waals surface area contributed by atoms with Crippen LogP contribution in [0.3, 0.4) is 0 Å². The smallest absolute Gasteiger partial charge is 0.0698 e. The van der Waals surface area contributed by atoms with Gasteiger partial charge in [-0.05, 0) is 35.8 Å². The van der Waals surface area contributed by atoms with Crippen LogP contribution in [0.5, 0.6) is 0 Å². The van der Waals surface area contributed by atoms with Gasteiger partial charge in [-0.3, -0.25) is 0 Å². The fourth-order valence-corrected chi connectivity index (χ4v) is 2.02. The van der Waals surface area contributed by atoms with E-state index in [9.17, 15) is 5.11 Å². The highest BCUT2D eigenvalue weighted by Gasteiger charge is 2.02. The van der Waals surface area contributed by atoms with Crippen LogP contribution >= 0.6 is 0 Å². The zero-order valence-corrected chi connectivity index (χ0v) is 9.64. The van der Waals surface area contributed by atoms with Gasteiger partial charge in [0.2, 0.25) is 0 Å². The summed E-state index contributed by atoms with van der Waals surface area (Å²) < 4.78 is 0. The third kappa shape index (κ3) is 2.15. The summed E-state index contributed by atoms with van der Waals surface area (Å²) in [7, 11) is 0. The van der Waals surface area contributed by atoms with Gasteiger partial charge in [0, 0.05) is 0 Å². The molecule has 1 atom stereocenters. The van der Waals surface area contributed by atoms with Gasteiger partial charge in [0.25, 0.3) is 0 Å². The van der Waals surface area contributed by atoms with Crippen LogP contribution in [0.4, 0.5) is 0 Å². The van der Waals surface area contributed by atoms with Gasteiger partial charge in [0.1, 0.15) is 0 Å². The van der Waals surface area contributed by atoms with Crippen LogP contribution in [-0.4, -0.2) is 11.2 Å². The first-order valence-electron chi connectivity index (χ1n) is 5.53. The minimum absolute atomic E-state index is 0.404. The number of allylic oxidation sites excluding steroid dienone is 1. The molecule has 1 heteroatoms. The first kappa shape index (κ1) is 10.9. The van der Waals surface area contributed by atoms with Crippen molar-refractivity contribution in [3.63, 3.8) is 0 Å². The average molecular weight is 212 g/mol. The van der Waals surface area contributed by atoms with Crippen molar-refractivity contribution in [1.82, 2.24) is 0 Å². The maximum atomic E-state index is 9.38. The topological polar surface area (TPSA) is 20.2 Å². The second kappa shape index (κ2) is 4.50. The summed E-state index contributed by atoms with van der Waals surface area (Å²) >= 11 is 0. The van der Waals surface area contributed by atoms with Crippen molar-refractivity contribution in [2.75, 3.05) is 0 Å². The number of rotatable bonds is 2. The molecule has 0 heterocycles. The van der Waals surface area contributed by atoms with Gasteiger partial charge >= 0.3 is 0 Å². The largest absolute Gasteiger partial charge is 0.389 e. The van der Waals surface area contributed by atoms with Gasteiger partial charge in [-0.25, -0.2) is 0 Å². The highest BCUT2D eigenvalue weighted by atomic mass is 16.3. The van der Waals surface area contributed by atoms with Crippen LogP contribution in [0.15, 0.2) is 48.5 Å². The molecule has 0 fully saturated rings. The van der Waals surface area contributed by atoms with Crippen molar-refractivity contribution >= 4 is 16.3 Å². The minimum Gasteiger partial charge on any atom is -0.389 e. The van der Waals surface area contributed by atoms with Gasteiger partial charge in [-0.15, -0.1) is 0 Å². The van der Waals surface area contributed by atoms with Crippen molar-refractivity contribution in [1.29, 1.82) is 0 Å². The van der Waals surface area contributed by atoms with E-state index < -0.39 is 6.10 Å². The lowest BCUT2D eigenvalue weighted by atomic mass is 9.98. The Labute approximate surface area is 96.0 Å². The third-order valence-electron chi connectivity index (χ3n) is 2.71. The second-order valence-electron chi connectivity index (χ2n) is 4.12. The summed E-state index contributed by atoms with van der Waals surface area (Å²) in [6.07, 6.45) is 1.47. The van der Waals surface area contributed by atoms with Crippen molar-refractivity contribution in [2.45, 2.75) is 20.0 Å². The Bertz CT molecular complexity index is 518. The molecule has 0 bridgehead atoms. The molecule has 0 spiro atoms. The van der Waals surface area contributed by atoms with E-state index in [2.05, 4.69) is 30.3 Å². The Kier molecular flexibility index (Phi) is 3.07.